The van der Waals surface area contributed by atoms with E-state index in [0.717, 1.165) is 0 Å². The monoisotopic (exact) mass is 150 g/mol. The minimum Gasteiger partial charge on any atom is -0.223 e. The van der Waals surface area contributed by atoms with Crippen LogP contribution in [0.2, 0.25) is 5.28 Å². The third-order valence-corrected chi connectivity index (χ3v) is 3.14. The summed E-state index contributed by atoms with van der Waals surface area (Å²) in [4.78, 5) is 0. The molecule has 0 nitrogen and oxygen atoms in total. The van der Waals surface area contributed by atoms with E-state index in [1.54, 1.807) is 0 Å². The van der Waals surface area contributed by atoms with E-state index >= 15 is 0 Å². The molecule has 0 amide bonds. The van der Waals surface area contributed by atoms with Gasteiger partial charge in [0.05, 0.1) is 0 Å². The maximum Gasteiger partial charge on any atom is 0.342 e. The van der Waals surface area contributed by atoms with Crippen molar-refractivity contribution in [3.63, 3.8) is 0 Å². The van der Waals surface area contributed by atoms with Crippen molar-refractivity contribution >= 4 is 27.4 Å². The minimum absolute atomic E-state index is 0.226. The van der Waals surface area contributed by atoms with Gasteiger partial charge in [-0.3, -0.25) is 0 Å². The van der Waals surface area contributed by atoms with E-state index in [0.29, 0.717) is 0 Å². The highest BCUT2D eigenvalue weighted by molar-refractivity contribution is 9.23. The second kappa shape index (κ2) is 5.01. The molecule has 30 valence electrons. The molecule has 0 N–H and O–H groups in total. The average molecular weight is 151 g/mol. The number of hydrogen-bond acceptors (Lipinski definition) is 0. The maximum absolute atomic E-state index is 3.45. The van der Waals surface area contributed by atoms with Gasteiger partial charge in [-0.05, 0) is 0 Å². The first kappa shape index (κ1) is 6.01. The molecule has 0 saturated heterocycles. The van der Waals surface area contributed by atoms with E-state index in [1.807, 2.05) is 0 Å². The van der Waals surface area contributed by atoms with Crippen LogP contribution in [-0.4, -0.2) is 13.4 Å². The van der Waals surface area contributed by atoms with Gasteiger partial charge < -0.3 is 0 Å². The van der Waals surface area contributed by atoms with Crippen LogP contribution in [0.25, 0.3) is 0 Å². The number of rotatable bonds is 2. The molecule has 0 heterocycles. The van der Waals surface area contributed by atoms with E-state index in [2.05, 4.69) is 21.0 Å². The first-order valence-corrected chi connectivity index (χ1v) is 6.87. The highest BCUT2D eigenvalue weighted by Crippen LogP contribution is 1.87. The number of halogens is 1. The van der Waals surface area contributed by atoms with Gasteiger partial charge in [0.2, 0.25) is 0 Å². The fraction of sp³-hybridized carbons (Fsp3) is 1.00. The molecule has 0 aliphatic heterocycles. The summed E-state index contributed by atoms with van der Waals surface area (Å²) >= 11 is 3.67. The molecule has 0 aromatic rings. The summed E-state index contributed by atoms with van der Waals surface area (Å²) in [5.41, 5.74) is 0. The zero-order chi connectivity index (χ0) is 4.12. The Kier molecular flexibility index (Phi) is 6.03. The third kappa shape index (κ3) is 5.01. The molecule has 5 heavy (non-hydrogen) atoms. The topological polar surface area (TPSA) is 0 Å². The molecule has 0 spiro atoms. The van der Waals surface area contributed by atoms with Crippen molar-refractivity contribution in [1.82, 2.24) is 0 Å². The molecule has 0 saturated carbocycles. The summed E-state index contributed by atoms with van der Waals surface area (Å²) in [5, 5.41) is 1.44. The van der Waals surface area contributed by atoms with Crippen LogP contribution < -0.4 is 0 Å². The molecule has 0 aliphatic rings. The molecule has 2 heteroatoms. The molecular formula is C3H8AlBr. The first-order valence-electron chi connectivity index (χ1n) is 1.97. The fourth-order valence-corrected chi connectivity index (χ4v) is 2.08. The van der Waals surface area contributed by atoms with Crippen molar-refractivity contribution < 1.29 is 0 Å². The quantitative estimate of drug-likeness (QED) is 0.525. The van der Waals surface area contributed by atoms with Gasteiger partial charge in [-0.1, -0.05) is 18.6 Å². The Morgan fingerprint density at radius 1 is 1.80 bits per heavy atom. The standard InChI is InChI=1S/C3H7.Al.BrH.H/c1-3-2;;;/h1,3H2,2H3;;1H;/q;+1;;/p-1. The molecular weight excluding hydrogens is 143 g/mol. The Morgan fingerprint density at radius 3 is 2.40 bits per heavy atom. The Morgan fingerprint density at radius 2 is 2.40 bits per heavy atom. The van der Waals surface area contributed by atoms with Crippen molar-refractivity contribution in [2.45, 2.75) is 18.6 Å². The summed E-state index contributed by atoms with van der Waals surface area (Å²) in [6, 6.07) is 0. The van der Waals surface area contributed by atoms with Gasteiger partial charge in [-0.15, -0.1) is 0 Å². The fourth-order valence-electron chi connectivity index (χ4n) is 0.134. The smallest absolute Gasteiger partial charge is 0.223 e. The van der Waals surface area contributed by atoms with E-state index in [4.69, 9.17) is 0 Å². The van der Waals surface area contributed by atoms with Crippen LogP contribution in [0.1, 0.15) is 13.3 Å². The molecule has 0 aromatic carbocycles. The van der Waals surface area contributed by atoms with Gasteiger partial charge in [0.15, 0.2) is 0 Å². The van der Waals surface area contributed by atoms with Crippen molar-refractivity contribution in [2.75, 3.05) is 0 Å². The van der Waals surface area contributed by atoms with Crippen molar-refractivity contribution in [3.8, 4) is 0 Å². The zero-order valence-corrected chi connectivity index (χ0v) is 6.50. The predicted octanol–water partition coefficient (Wildman–Crippen LogP) is 1.56. The van der Waals surface area contributed by atoms with Gasteiger partial charge in [0, 0.05) is 0 Å². The summed E-state index contributed by atoms with van der Waals surface area (Å²) < 4.78 is 0. The van der Waals surface area contributed by atoms with E-state index in [-0.39, 0.29) is 13.4 Å². The van der Waals surface area contributed by atoms with Crippen molar-refractivity contribution in [1.29, 1.82) is 0 Å². The lowest BCUT2D eigenvalue weighted by Crippen LogP contribution is -1.68. The summed E-state index contributed by atoms with van der Waals surface area (Å²) in [7, 11) is 0. The number of hydrogen-bond donors (Lipinski definition) is 0. The molecule has 0 unspecified atom stereocenters. The average Bonchev–Trinajstić information content (AvgIpc) is 1.41. The molecule has 0 fully saturated rings. The summed E-state index contributed by atoms with van der Waals surface area (Å²) in [6.45, 7) is 2.22. The third-order valence-electron chi connectivity index (χ3n) is 0.487. The van der Waals surface area contributed by atoms with Gasteiger partial charge in [0.1, 0.15) is 0 Å². The summed E-state index contributed by atoms with van der Waals surface area (Å²) in [5.74, 6) is 0. The lowest BCUT2D eigenvalue weighted by atomic mass is 10.6. The van der Waals surface area contributed by atoms with E-state index in [9.17, 15) is 0 Å². The van der Waals surface area contributed by atoms with Crippen LogP contribution in [0.15, 0.2) is 0 Å². The van der Waals surface area contributed by atoms with Crippen molar-refractivity contribution in [3.05, 3.63) is 0 Å². The van der Waals surface area contributed by atoms with Gasteiger partial charge in [0.25, 0.3) is 0 Å². The predicted molar refractivity (Wildman–Crippen MR) is 31.2 cm³/mol. The first-order chi connectivity index (χ1) is 2.41. The SMILES string of the molecule is CC[CH2][AlH][Br]. The largest absolute Gasteiger partial charge is 0.342 e. The zero-order valence-electron chi connectivity index (χ0n) is 3.50. The Hall–Kier alpha value is 1.01. The summed E-state index contributed by atoms with van der Waals surface area (Å²) in [6.07, 6.45) is 1.36. The molecule has 0 bridgehead atoms. The van der Waals surface area contributed by atoms with Gasteiger partial charge in [-0.2, -0.15) is 0 Å². The lowest BCUT2D eigenvalue weighted by Gasteiger charge is -1.73. The highest BCUT2D eigenvalue weighted by atomic mass is 79.9. The second-order valence-corrected chi connectivity index (χ2v) is 4.51. The van der Waals surface area contributed by atoms with Crippen LogP contribution in [-0.2, 0) is 0 Å². The normalized spacial score (nSPS) is 7.60. The van der Waals surface area contributed by atoms with E-state index < -0.39 is 0 Å². The molecule has 0 aliphatic carbocycles. The van der Waals surface area contributed by atoms with Crippen LogP contribution >= 0.6 is 14.1 Å². The maximum atomic E-state index is 3.45. The van der Waals surface area contributed by atoms with Crippen molar-refractivity contribution in [2.24, 2.45) is 0 Å². The van der Waals surface area contributed by atoms with Gasteiger partial charge in [-0.25, -0.2) is 14.1 Å². The minimum atomic E-state index is 0.226. The molecule has 0 rings (SSSR count). The van der Waals surface area contributed by atoms with Gasteiger partial charge >= 0.3 is 13.4 Å². The van der Waals surface area contributed by atoms with Crippen LogP contribution in [0.3, 0.4) is 0 Å². The van der Waals surface area contributed by atoms with Crippen LogP contribution in [0, 0.1) is 0 Å². The molecule has 0 radical (unpaired) electrons. The van der Waals surface area contributed by atoms with Crippen LogP contribution in [0.5, 0.6) is 0 Å². The Labute approximate surface area is 46.3 Å². The lowest BCUT2D eigenvalue weighted by molar-refractivity contribution is 1.08. The molecule has 0 atom stereocenters. The van der Waals surface area contributed by atoms with Crippen LogP contribution in [0.4, 0.5) is 0 Å². The Bertz CT molecular complexity index is 14.4. The Balaban J connectivity index is 2.19. The molecule has 0 aromatic heterocycles. The second-order valence-electron chi connectivity index (χ2n) is 1.04. The van der Waals surface area contributed by atoms with E-state index in [1.165, 1.54) is 11.7 Å². The highest BCUT2D eigenvalue weighted by Gasteiger charge is 1.77.